The number of carbonyl (C=O) groups excluding carboxylic acids is 2. The standard InChI is InChI=1S/C20H21N3O7/c1-12(15-9-14(28-2)5-7-17(15)29-3)21-19(24)10-22-16-8-13(23(26)27)4-6-18(16)30-11-20(22)25/h4-9,12H,10-11H2,1-3H3,(H,21,24)/t12-/m1/s1. The van der Waals surface area contributed by atoms with Gasteiger partial charge in [0.25, 0.3) is 11.6 Å². The molecule has 0 fully saturated rings. The smallest absolute Gasteiger partial charge is 0.271 e. The van der Waals surface area contributed by atoms with Crippen molar-refractivity contribution >= 4 is 23.2 Å². The molecule has 30 heavy (non-hydrogen) atoms. The van der Waals surface area contributed by atoms with Gasteiger partial charge in [0.1, 0.15) is 23.8 Å². The van der Waals surface area contributed by atoms with Crippen LogP contribution in [-0.2, 0) is 9.59 Å². The molecule has 0 spiro atoms. The van der Waals surface area contributed by atoms with E-state index in [9.17, 15) is 19.7 Å². The van der Waals surface area contributed by atoms with E-state index in [0.717, 1.165) is 0 Å². The van der Waals surface area contributed by atoms with Crippen LogP contribution >= 0.6 is 0 Å². The first-order valence-corrected chi connectivity index (χ1v) is 9.07. The molecule has 158 valence electrons. The second kappa shape index (κ2) is 8.68. The molecular formula is C20H21N3O7. The number of methoxy groups -OCH3 is 2. The molecule has 0 aromatic heterocycles. The van der Waals surface area contributed by atoms with Gasteiger partial charge in [-0.25, -0.2) is 0 Å². The molecule has 0 radical (unpaired) electrons. The van der Waals surface area contributed by atoms with Gasteiger partial charge in [0, 0.05) is 17.7 Å². The molecule has 0 bridgehead atoms. The van der Waals surface area contributed by atoms with Gasteiger partial charge < -0.3 is 19.5 Å². The van der Waals surface area contributed by atoms with Crippen molar-refractivity contribution in [2.24, 2.45) is 0 Å². The fourth-order valence-electron chi connectivity index (χ4n) is 3.16. The zero-order valence-corrected chi connectivity index (χ0v) is 16.7. The minimum Gasteiger partial charge on any atom is -0.497 e. The fraction of sp³-hybridized carbons (Fsp3) is 0.300. The quantitative estimate of drug-likeness (QED) is 0.544. The highest BCUT2D eigenvalue weighted by Crippen LogP contribution is 2.35. The Bertz CT molecular complexity index is 992. The van der Waals surface area contributed by atoms with Gasteiger partial charge in [-0.05, 0) is 31.2 Å². The molecule has 1 aliphatic rings. The molecule has 1 aliphatic heterocycles. The lowest BCUT2D eigenvalue weighted by Crippen LogP contribution is -2.45. The third kappa shape index (κ3) is 4.27. The predicted octanol–water partition coefficient (Wildman–Crippen LogP) is 2.21. The van der Waals surface area contributed by atoms with Crippen molar-refractivity contribution < 1.29 is 28.7 Å². The Morgan fingerprint density at radius 1 is 1.27 bits per heavy atom. The summed E-state index contributed by atoms with van der Waals surface area (Å²) in [4.78, 5) is 36.7. The van der Waals surface area contributed by atoms with Crippen molar-refractivity contribution in [2.75, 3.05) is 32.3 Å². The number of ether oxygens (including phenoxy) is 3. The second-order valence-corrected chi connectivity index (χ2v) is 6.57. The zero-order chi connectivity index (χ0) is 21.8. The van der Waals surface area contributed by atoms with Crippen molar-refractivity contribution in [1.82, 2.24) is 5.32 Å². The Balaban J connectivity index is 1.79. The van der Waals surface area contributed by atoms with Gasteiger partial charge in [0.05, 0.1) is 30.9 Å². The summed E-state index contributed by atoms with van der Waals surface area (Å²) in [6.45, 7) is 1.21. The van der Waals surface area contributed by atoms with Crippen LogP contribution in [0.4, 0.5) is 11.4 Å². The molecule has 0 saturated heterocycles. The van der Waals surface area contributed by atoms with Crippen molar-refractivity contribution in [1.29, 1.82) is 0 Å². The zero-order valence-electron chi connectivity index (χ0n) is 16.7. The number of benzene rings is 2. The Morgan fingerprint density at radius 2 is 2.03 bits per heavy atom. The van der Waals surface area contributed by atoms with Gasteiger partial charge >= 0.3 is 0 Å². The van der Waals surface area contributed by atoms with Crippen molar-refractivity contribution in [2.45, 2.75) is 13.0 Å². The number of rotatable bonds is 7. The number of fused-ring (bicyclic) bond motifs is 1. The van der Waals surface area contributed by atoms with E-state index in [1.54, 1.807) is 25.1 Å². The first kappa shape index (κ1) is 20.9. The first-order valence-electron chi connectivity index (χ1n) is 9.07. The topological polar surface area (TPSA) is 120 Å². The van der Waals surface area contributed by atoms with Crippen LogP contribution in [0.2, 0.25) is 0 Å². The number of nitro benzene ring substituents is 1. The average molecular weight is 415 g/mol. The molecule has 2 aromatic rings. The second-order valence-electron chi connectivity index (χ2n) is 6.57. The molecule has 2 amide bonds. The lowest BCUT2D eigenvalue weighted by atomic mass is 10.1. The minimum absolute atomic E-state index is 0.183. The van der Waals surface area contributed by atoms with Crippen molar-refractivity contribution in [3.05, 3.63) is 52.1 Å². The molecule has 2 aromatic carbocycles. The van der Waals surface area contributed by atoms with Crippen LogP contribution in [-0.4, -0.2) is 44.1 Å². The fourth-order valence-corrected chi connectivity index (χ4v) is 3.16. The molecule has 10 heteroatoms. The van der Waals surface area contributed by atoms with Gasteiger partial charge in [0.2, 0.25) is 5.91 Å². The summed E-state index contributed by atoms with van der Waals surface area (Å²) in [6.07, 6.45) is 0. The summed E-state index contributed by atoms with van der Waals surface area (Å²) < 4.78 is 15.9. The Morgan fingerprint density at radius 3 is 2.70 bits per heavy atom. The predicted molar refractivity (Wildman–Crippen MR) is 107 cm³/mol. The number of nitrogens with one attached hydrogen (secondary N) is 1. The molecule has 0 unspecified atom stereocenters. The van der Waals surface area contributed by atoms with Gasteiger partial charge in [-0.1, -0.05) is 0 Å². The number of anilines is 1. The van der Waals surface area contributed by atoms with E-state index in [0.29, 0.717) is 22.8 Å². The molecule has 1 atom stereocenters. The number of nitro groups is 1. The van der Waals surface area contributed by atoms with E-state index < -0.39 is 22.8 Å². The Hall–Kier alpha value is -3.82. The molecule has 1 heterocycles. The van der Waals surface area contributed by atoms with Crippen LogP contribution in [0.1, 0.15) is 18.5 Å². The summed E-state index contributed by atoms with van der Waals surface area (Å²) in [5.74, 6) is 0.573. The summed E-state index contributed by atoms with van der Waals surface area (Å²) in [5, 5.41) is 13.9. The highest BCUT2D eigenvalue weighted by Gasteiger charge is 2.29. The summed E-state index contributed by atoms with van der Waals surface area (Å²) in [5.41, 5.74) is 0.684. The van der Waals surface area contributed by atoms with Crippen LogP contribution < -0.4 is 24.4 Å². The minimum atomic E-state index is -0.575. The maximum atomic E-state index is 12.7. The average Bonchev–Trinajstić information content (AvgIpc) is 2.74. The van der Waals surface area contributed by atoms with Gasteiger partial charge in [-0.3, -0.25) is 24.6 Å². The van der Waals surface area contributed by atoms with E-state index in [1.807, 2.05) is 0 Å². The number of amides is 2. The van der Waals surface area contributed by atoms with E-state index in [-0.39, 0.29) is 24.5 Å². The molecular weight excluding hydrogens is 394 g/mol. The molecule has 1 N–H and O–H groups in total. The van der Waals surface area contributed by atoms with Crippen LogP contribution in [0.3, 0.4) is 0 Å². The molecule has 10 nitrogen and oxygen atoms in total. The van der Waals surface area contributed by atoms with Crippen molar-refractivity contribution in [3.8, 4) is 17.2 Å². The van der Waals surface area contributed by atoms with E-state index in [4.69, 9.17) is 14.2 Å². The van der Waals surface area contributed by atoms with Gasteiger partial charge in [-0.2, -0.15) is 0 Å². The third-order valence-electron chi connectivity index (χ3n) is 4.68. The Kier molecular flexibility index (Phi) is 6.05. The largest absolute Gasteiger partial charge is 0.497 e. The van der Waals surface area contributed by atoms with Gasteiger partial charge in [-0.15, -0.1) is 0 Å². The van der Waals surface area contributed by atoms with Gasteiger partial charge in [0.15, 0.2) is 6.61 Å². The number of carbonyl (C=O) groups is 2. The van der Waals surface area contributed by atoms with Crippen LogP contribution in [0.5, 0.6) is 17.2 Å². The summed E-state index contributed by atoms with van der Waals surface area (Å²) in [6, 6.07) is 8.70. The first-order chi connectivity index (χ1) is 14.3. The van der Waals surface area contributed by atoms with Crippen LogP contribution in [0.15, 0.2) is 36.4 Å². The van der Waals surface area contributed by atoms with E-state index in [2.05, 4.69) is 5.32 Å². The van der Waals surface area contributed by atoms with E-state index >= 15 is 0 Å². The van der Waals surface area contributed by atoms with Crippen LogP contribution in [0, 0.1) is 10.1 Å². The molecule has 0 aliphatic carbocycles. The SMILES string of the molecule is COc1ccc(OC)c([C@@H](C)NC(=O)CN2C(=O)COc3ccc([N+](=O)[O-])cc32)c1. The molecule has 3 rings (SSSR count). The maximum Gasteiger partial charge on any atom is 0.271 e. The highest BCUT2D eigenvalue weighted by atomic mass is 16.6. The lowest BCUT2D eigenvalue weighted by Gasteiger charge is -2.29. The van der Waals surface area contributed by atoms with E-state index in [1.165, 1.54) is 37.3 Å². The number of hydrogen-bond donors (Lipinski definition) is 1. The van der Waals surface area contributed by atoms with Crippen molar-refractivity contribution in [3.63, 3.8) is 0 Å². The van der Waals surface area contributed by atoms with Crippen LogP contribution in [0.25, 0.3) is 0 Å². The summed E-state index contributed by atoms with van der Waals surface area (Å²) >= 11 is 0. The Labute approximate surface area is 172 Å². The number of non-ortho nitro benzene ring substituents is 1. The lowest BCUT2D eigenvalue weighted by molar-refractivity contribution is -0.384. The third-order valence-corrected chi connectivity index (χ3v) is 4.68. The summed E-state index contributed by atoms with van der Waals surface area (Å²) in [7, 11) is 3.06. The number of nitrogens with zero attached hydrogens (tertiary/aromatic N) is 2. The monoisotopic (exact) mass is 415 g/mol. The normalized spacial score (nSPS) is 13.7. The maximum absolute atomic E-state index is 12.7. The number of hydrogen-bond acceptors (Lipinski definition) is 7. The molecule has 0 saturated carbocycles. The highest BCUT2D eigenvalue weighted by molar-refractivity contribution is 6.02.